The van der Waals surface area contributed by atoms with Crippen LogP contribution in [0.25, 0.3) is 5.69 Å². The fourth-order valence-electron chi connectivity index (χ4n) is 1.80. The average Bonchev–Trinajstić information content (AvgIpc) is 2.74. The minimum Gasteiger partial charge on any atom is -0.317 e. The molecule has 1 aromatic carbocycles. The van der Waals surface area contributed by atoms with Gasteiger partial charge in [-0.25, -0.2) is 4.39 Å². The number of nitrogens with one attached hydrogen (secondary N) is 1. The Bertz CT molecular complexity index is 523. The molecule has 0 spiro atoms. The molecule has 0 radical (unpaired) electrons. The van der Waals surface area contributed by atoms with Gasteiger partial charge in [0.05, 0.1) is 5.69 Å². The molecule has 1 heterocycles. The molecule has 3 heteroatoms. The van der Waals surface area contributed by atoms with Crippen LogP contribution in [0.4, 0.5) is 4.39 Å². The van der Waals surface area contributed by atoms with Crippen LogP contribution in [0.3, 0.4) is 0 Å². The molecule has 0 bridgehead atoms. The molecule has 2 aromatic rings. The lowest BCUT2D eigenvalue weighted by atomic mass is 10.1. The van der Waals surface area contributed by atoms with Crippen LogP contribution < -0.4 is 5.32 Å². The zero-order valence-corrected chi connectivity index (χ0v) is 11.1. The van der Waals surface area contributed by atoms with E-state index in [0.29, 0.717) is 12.2 Å². The summed E-state index contributed by atoms with van der Waals surface area (Å²) in [6.07, 6.45) is 1.89. The quantitative estimate of drug-likeness (QED) is 0.877. The van der Waals surface area contributed by atoms with E-state index in [-0.39, 0.29) is 11.4 Å². The molecule has 96 valence electrons. The lowest BCUT2D eigenvalue weighted by molar-refractivity contribution is 0.419. The molecule has 2 rings (SSSR count). The Labute approximate surface area is 107 Å². The van der Waals surface area contributed by atoms with E-state index >= 15 is 0 Å². The second-order valence-corrected chi connectivity index (χ2v) is 5.42. The van der Waals surface area contributed by atoms with Crippen molar-refractivity contribution in [3.8, 4) is 5.69 Å². The fraction of sp³-hybridized carbons (Fsp3) is 0.333. The van der Waals surface area contributed by atoms with Gasteiger partial charge in [-0.1, -0.05) is 12.1 Å². The summed E-state index contributed by atoms with van der Waals surface area (Å²) >= 11 is 0. The molecule has 0 aliphatic carbocycles. The first-order chi connectivity index (χ1) is 8.47. The molecule has 18 heavy (non-hydrogen) atoms. The zero-order valence-electron chi connectivity index (χ0n) is 11.1. The summed E-state index contributed by atoms with van der Waals surface area (Å²) in [5.41, 5.74) is 1.69. The van der Waals surface area contributed by atoms with Crippen molar-refractivity contribution in [3.63, 3.8) is 0 Å². The number of hydrogen-bond acceptors (Lipinski definition) is 1. The molecule has 0 fully saturated rings. The van der Waals surface area contributed by atoms with E-state index in [0.717, 1.165) is 5.69 Å². The summed E-state index contributed by atoms with van der Waals surface area (Å²) in [6.45, 7) is 7.06. The van der Waals surface area contributed by atoms with Gasteiger partial charge in [-0.05, 0) is 45.0 Å². The first-order valence-electron chi connectivity index (χ1n) is 6.13. The molecule has 2 nitrogen and oxygen atoms in total. The van der Waals surface area contributed by atoms with Gasteiger partial charge in [0, 0.05) is 24.0 Å². The third-order valence-electron chi connectivity index (χ3n) is 2.75. The van der Waals surface area contributed by atoms with E-state index in [9.17, 15) is 4.39 Å². The standard InChI is InChI=1S/C15H19FN2/c1-15(2,3)17-11-12-7-6-10-18(12)14-9-5-4-8-13(14)16/h4-10,17H,11H2,1-3H3. The lowest BCUT2D eigenvalue weighted by Gasteiger charge is -2.21. The van der Waals surface area contributed by atoms with Crippen LogP contribution in [0.5, 0.6) is 0 Å². The molecule has 0 aliphatic rings. The number of halogens is 1. The van der Waals surface area contributed by atoms with Gasteiger partial charge in [-0.3, -0.25) is 0 Å². The Morgan fingerprint density at radius 2 is 1.83 bits per heavy atom. The van der Waals surface area contributed by atoms with Gasteiger partial charge in [0.15, 0.2) is 0 Å². The second kappa shape index (κ2) is 4.94. The first-order valence-corrected chi connectivity index (χ1v) is 6.13. The Balaban J connectivity index is 2.26. The van der Waals surface area contributed by atoms with E-state index in [2.05, 4.69) is 26.1 Å². The van der Waals surface area contributed by atoms with E-state index in [1.54, 1.807) is 12.1 Å². The molecule has 1 aromatic heterocycles. The lowest BCUT2D eigenvalue weighted by Crippen LogP contribution is -2.35. The van der Waals surface area contributed by atoms with Gasteiger partial charge in [0.1, 0.15) is 5.82 Å². The largest absolute Gasteiger partial charge is 0.317 e. The summed E-state index contributed by atoms with van der Waals surface area (Å²) in [5.74, 6) is -0.203. The van der Waals surface area contributed by atoms with Crippen molar-refractivity contribution < 1.29 is 4.39 Å². The van der Waals surface area contributed by atoms with Crippen molar-refractivity contribution in [3.05, 3.63) is 54.1 Å². The maximum absolute atomic E-state index is 13.8. The van der Waals surface area contributed by atoms with Gasteiger partial charge in [-0.15, -0.1) is 0 Å². The normalized spacial score (nSPS) is 11.8. The smallest absolute Gasteiger partial charge is 0.147 e. The second-order valence-electron chi connectivity index (χ2n) is 5.42. The molecule has 1 N–H and O–H groups in total. The van der Waals surface area contributed by atoms with Crippen molar-refractivity contribution in [2.24, 2.45) is 0 Å². The van der Waals surface area contributed by atoms with Crippen LogP contribution in [-0.2, 0) is 6.54 Å². The highest BCUT2D eigenvalue weighted by molar-refractivity contribution is 5.36. The summed E-state index contributed by atoms with van der Waals surface area (Å²) in [4.78, 5) is 0. The fourth-order valence-corrected chi connectivity index (χ4v) is 1.80. The van der Waals surface area contributed by atoms with Crippen LogP contribution in [0.2, 0.25) is 0 Å². The Hall–Kier alpha value is -1.61. The minimum atomic E-state index is -0.203. The molecule has 0 amide bonds. The minimum absolute atomic E-state index is 0.0460. The predicted molar refractivity (Wildman–Crippen MR) is 72.3 cm³/mol. The third kappa shape index (κ3) is 2.99. The first kappa shape index (κ1) is 12.8. The van der Waals surface area contributed by atoms with Crippen molar-refractivity contribution in [2.45, 2.75) is 32.9 Å². The van der Waals surface area contributed by atoms with Gasteiger partial charge in [0.2, 0.25) is 0 Å². The van der Waals surface area contributed by atoms with Crippen LogP contribution in [0.1, 0.15) is 26.5 Å². The van der Waals surface area contributed by atoms with Crippen molar-refractivity contribution in [1.82, 2.24) is 9.88 Å². The number of para-hydroxylation sites is 1. The van der Waals surface area contributed by atoms with Crippen LogP contribution in [0.15, 0.2) is 42.6 Å². The Morgan fingerprint density at radius 1 is 1.11 bits per heavy atom. The van der Waals surface area contributed by atoms with E-state index < -0.39 is 0 Å². The molecule has 0 aliphatic heterocycles. The van der Waals surface area contributed by atoms with Crippen molar-refractivity contribution in [1.29, 1.82) is 0 Å². The highest BCUT2D eigenvalue weighted by Crippen LogP contribution is 2.16. The maximum Gasteiger partial charge on any atom is 0.147 e. The van der Waals surface area contributed by atoms with Gasteiger partial charge in [-0.2, -0.15) is 0 Å². The van der Waals surface area contributed by atoms with E-state index in [1.165, 1.54) is 6.07 Å². The summed E-state index contributed by atoms with van der Waals surface area (Å²) < 4.78 is 15.6. The SMILES string of the molecule is CC(C)(C)NCc1cccn1-c1ccccc1F. The summed E-state index contributed by atoms with van der Waals surface area (Å²) in [7, 11) is 0. The van der Waals surface area contributed by atoms with Gasteiger partial charge in [0.25, 0.3) is 0 Å². The number of hydrogen-bond donors (Lipinski definition) is 1. The third-order valence-corrected chi connectivity index (χ3v) is 2.75. The van der Waals surface area contributed by atoms with Gasteiger partial charge < -0.3 is 9.88 Å². The predicted octanol–water partition coefficient (Wildman–Crippen LogP) is 3.50. The molecular weight excluding hydrogens is 227 g/mol. The topological polar surface area (TPSA) is 17.0 Å². The Kier molecular flexibility index (Phi) is 3.53. The van der Waals surface area contributed by atoms with Crippen LogP contribution in [0, 0.1) is 5.82 Å². The highest BCUT2D eigenvalue weighted by atomic mass is 19.1. The van der Waals surface area contributed by atoms with Crippen molar-refractivity contribution in [2.75, 3.05) is 0 Å². The average molecular weight is 246 g/mol. The molecular formula is C15H19FN2. The van der Waals surface area contributed by atoms with E-state index in [1.807, 2.05) is 29.0 Å². The number of rotatable bonds is 3. The summed E-state index contributed by atoms with van der Waals surface area (Å²) in [5, 5.41) is 3.41. The number of benzene rings is 1. The molecule has 0 atom stereocenters. The van der Waals surface area contributed by atoms with Crippen LogP contribution >= 0.6 is 0 Å². The van der Waals surface area contributed by atoms with Gasteiger partial charge >= 0.3 is 0 Å². The zero-order chi connectivity index (χ0) is 13.2. The number of nitrogens with zero attached hydrogens (tertiary/aromatic N) is 1. The number of aromatic nitrogens is 1. The van der Waals surface area contributed by atoms with Crippen molar-refractivity contribution >= 4 is 0 Å². The molecule has 0 unspecified atom stereocenters. The van der Waals surface area contributed by atoms with Crippen LogP contribution in [-0.4, -0.2) is 10.1 Å². The monoisotopic (exact) mass is 246 g/mol. The maximum atomic E-state index is 13.8. The Morgan fingerprint density at radius 3 is 2.50 bits per heavy atom. The molecule has 0 saturated heterocycles. The van der Waals surface area contributed by atoms with E-state index in [4.69, 9.17) is 0 Å². The summed E-state index contributed by atoms with van der Waals surface area (Å²) in [6, 6.07) is 10.8. The molecule has 0 saturated carbocycles. The highest BCUT2D eigenvalue weighted by Gasteiger charge is 2.11.